The number of rotatable bonds is 2. The number of likely N-dealkylation sites (tertiary alicyclic amines) is 1. The Kier molecular flexibility index (Phi) is 2.58. The van der Waals surface area contributed by atoms with Crippen molar-refractivity contribution in [2.24, 2.45) is 0 Å². The molecule has 0 aromatic heterocycles. The van der Waals surface area contributed by atoms with E-state index in [4.69, 9.17) is 5.11 Å². The summed E-state index contributed by atoms with van der Waals surface area (Å²) in [7, 11) is 2.20. The third kappa shape index (κ3) is 1.60. The highest BCUT2D eigenvalue weighted by atomic mass is 16.3. The first kappa shape index (κ1) is 9.44. The van der Waals surface area contributed by atoms with Crippen molar-refractivity contribution in [3.05, 3.63) is 0 Å². The Balaban J connectivity index is 2.06. The van der Waals surface area contributed by atoms with Crippen LogP contribution in [-0.4, -0.2) is 59.8 Å². The van der Waals surface area contributed by atoms with Crippen LogP contribution in [0.4, 0.5) is 0 Å². The lowest BCUT2D eigenvalue weighted by molar-refractivity contribution is 0.0277. The van der Waals surface area contributed by atoms with Crippen molar-refractivity contribution in [2.75, 3.05) is 26.7 Å². The SMILES string of the molecule is CC(CO)N1C2CCC1CN(C)C2. The topological polar surface area (TPSA) is 26.7 Å². The molecule has 0 spiro atoms. The van der Waals surface area contributed by atoms with Crippen LogP contribution in [0, 0.1) is 0 Å². The second-order valence-corrected chi connectivity index (χ2v) is 4.59. The van der Waals surface area contributed by atoms with Crippen molar-refractivity contribution in [2.45, 2.75) is 37.9 Å². The highest BCUT2D eigenvalue weighted by Gasteiger charge is 2.40. The van der Waals surface area contributed by atoms with E-state index >= 15 is 0 Å². The molecule has 0 radical (unpaired) electrons. The Hall–Kier alpha value is -0.120. The zero-order valence-electron chi connectivity index (χ0n) is 8.61. The van der Waals surface area contributed by atoms with Gasteiger partial charge in [0, 0.05) is 31.2 Å². The molecule has 0 amide bonds. The molecule has 0 saturated carbocycles. The van der Waals surface area contributed by atoms with Crippen molar-refractivity contribution < 1.29 is 5.11 Å². The normalized spacial score (nSPS) is 38.1. The summed E-state index contributed by atoms with van der Waals surface area (Å²) in [6, 6.07) is 1.75. The molecule has 3 heteroatoms. The van der Waals surface area contributed by atoms with Crippen molar-refractivity contribution in [1.29, 1.82) is 0 Å². The van der Waals surface area contributed by atoms with Crippen LogP contribution in [0.15, 0.2) is 0 Å². The van der Waals surface area contributed by atoms with Crippen LogP contribution in [0.1, 0.15) is 19.8 Å². The fourth-order valence-corrected chi connectivity index (χ4v) is 2.96. The molecular weight excluding hydrogens is 164 g/mol. The molecule has 1 N–H and O–H groups in total. The zero-order chi connectivity index (χ0) is 9.42. The lowest BCUT2D eigenvalue weighted by Gasteiger charge is -2.42. The summed E-state index contributed by atoms with van der Waals surface area (Å²) < 4.78 is 0. The zero-order valence-corrected chi connectivity index (χ0v) is 8.61. The van der Waals surface area contributed by atoms with Crippen LogP contribution in [0.2, 0.25) is 0 Å². The third-order valence-electron chi connectivity index (χ3n) is 3.49. The summed E-state index contributed by atoms with van der Waals surface area (Å²) in [6.45, 7) is 4.80. The maximum atomic E-state index is 9.16. The van der Waals surface area contributed by atoms with Gasteiger partial charge in [-0.15, -0.1) is 0 Å². The first-order valence-corrected chi connectivity index (χ1v) is 5.29. The highest BCUT2D eigenvalue weighted by Crippen LogP contribution is 2.31. The number of piperazine rings is 1. The number of likely N-dealkylation sites (N-methyl/N-ethyl adjacent to an activating group) is 1. The standard InChI is InChI=1S/C10H20N2O/c1-8(7-13)12-9-3-4-10(12)6-11(2)5-9/h8-10,13H,3-7H2,1-2H3. The highest BCUT2D eigenvalue weighted by molar-refractivity contribution is 4.96. The fraction of sp³-hybridized carbons (Fsp3) is 1.00. The second kappa shape index (κ2) is 3.56. The van der Waals surface area contributed by atoms with E-state index < -0.39 is 0 Å². The van der Waals surface area contributed by atoms with Gasteiger partial charge >= 0.3 is 0 Å². The van der Waals surface area contributed by atoms with E-state index in [1.54, 1.807) is 0 Å². The van der Waals surface area contributed by atoms with Gasteiger partial charge in [-0.25, -0.2) is 0 Å². The van der Waals surface area contributed by atoms with E-state index in [-0.39, 0.29) is 0 Å². The molecule has 76 valence electrons. The maximum absolute atomic E-state index is 9.16. The van der Waals surface area contributed by atoms with Crippen LogP contribution < -0.4 is 0 Å². The second-order valence-electron chi connectivity index (χ2n) is 4.59. The van der Waals surface area contributed by atoms with Gasteiger partial charge in [0.15, 0.2) is 0 Å². The summed E-state index contributed by atoms with van der Waals surface area (Å²) >= 11 is 0. The lowest BCUT2D eigenvalue weighted by atomic mass is 10.1. The van der Waals surface area contributed by atoms with E-state index in [0.717, 1.165) is 0 Å². The molecule has 2 bridgehead atoms. The van der Waals surface area contributed by atoms with Gasteiger partial charge < -0.3 is 10.0 Å². The molecule has 2 fully saturated rings. The van der Waals surface area contributed by atoms with Crippen molar-refractivity contribution in [3.8, 4) is 0 Å². The summed E-state index contributed by atoms with van der Waals surface area (Å²) in [6.07, 6.45) is 2.64. The van der Waals surface area contributed by atoms with Gasteiger partial charge in [-0.1, -0.05) is 0 Å². The average Bonchev–Trinajstić information content (AvgIpc) is 2.37. The van der Waals surface area contributed by atoms with Gasteiger partial charge in [0.1, 0.15) is 0 Å². The Morgan fingerprint density at radius 3 is 2.31 bits per heavy atom. The fourth-order valence-electron chi connectivity index (χ4n) is 2.96. The Morgan fingerprint density at radius 2 is 1.85 bits per heavy atom. The van der Waals surface area contributed by atoms with Gasteiger partial charge in [-0.3, -0.25) is 4.90 Å². The summed E-state index contributed by atoms with van der Waals surface area (Å²) in [5, 5.41) is 9.16. The van der Waals surface area contributed by atoms with Gasteiger partial charge in [0.2, 0.25) is 0 Å². The molecular formula is C10H20N2O. The number of fused-ring (bicyclic) bond motifs is 2. The van der Waals surface area contributed by atoms with Gasteiger partial charge in [0.05, 0.1) is 6.61 Å². The molecule has 13 heavy (non-hydrogen) atoms. The smallest absolute Gasteiger partial charge is 0.0584 e. The van der Waals surface area contributed by atoms with Crippen LogP contribution >= 0.6 is 0 Å². The number of hydrogen-bond donors (Lipinski definition) is 1. The molecule has 0 aliphatic carbocycles. The predicted molar refractivity (Wildman–Crippen MR) is 52.7 cm³/mol. The van der Waals surface area contributed by atoms with Gasteiger partial charge in [-0.2, -0.15) is 0 Å². The molecule has 2 aliphatic heterocycles. The first-order chi connectivity index (χ1) is 6.22. The minimum absolute atomic E-state index is 0.302. The van der Waals surface area contributed by atoms with Crippen molar-refractivity contribution in [1.82, 2.24) is 9.80 Å². The van der Waals surface area contributed by atoms with Crippen LogP contribution in [0.3, 0.4) is 0 Å². The number of hydrogen-bond acceptors (Lipinski definition) is 3. The first-order valence-electron chi connectivity index (χ1n) is 5.29. The van der Waals surface area contributed by atoms with Crippen LogP contribution in [-0.2, 0) is 0 Å². The third-order valence-corrected chi connectivity index (χ3v) is 3.49. The van der Waals surface area contributed by atoms with Crippen LogP contribution in [0.5, 0.6) is 0 Å². The minimum atomic E-state index is 0.302. The number of nitrogens with zero attached hydrogens (tertiary/aromatic N) is 2. The summed E-state index contributed by atoms with van der Waals surface area (Å²) in [5.41, 5.74) is 0. The molecule has 2 heterocycles. The Morgan fingerprint density at radius 1 is 1.31 bits per heavy atom. The molecule has 2 rings (SSSR count). The quantitative estimate of drug-likeness (QED) is 0.661. The van der Waals surface area contributed by atoms with Gasteiger partial charge in [-0.05, 0) is 26.8 Å². The Bertz CT molecular complexity index is 172. The van der Waals surface area contributed by atoms with E-state index in [1.165, 1.54) is 25.9 Å². The van der Waals surface area contributed by atoms with E-state index in [1.807, 2.05) is 0 Å². The number of aliphatic hydroxyl groups is 1. The molecule has 0 aromatic rings. The van der Waals surface area contributed by atoms with E-state index in [0.29, 0.717) is 24.7 Å². The monoisotopic (exact) mass is 184 g/mol. The van der Waals surface area contributed by atoms with Crippen LogP contribution in [0.25, 0.3) is 0 Å². The average molecular weight is 184 g/mol. The molecule has 3 unspecified atom stereocenters. The van der Waals surface area contributed by atoms with Crippen molar-refractivity contribution >= 4 is 0 Å². The van der Waals surface area contributed by atoms with E-state index in [2.05, 4.69) is 23.8 Å². The molecule has 2 aliphatic rings. The largest absolute Gasteiger partial charge is 0.395 e. The molecule has 3 nitrogen and oxygen atoms in total. The van der Waals surface area contributed by atoms with Crippen molar-refractivity contribution in [3.63, 3.8) is 0 Å². The minimum Gasteiger partial charge on any atom is -0.395 e. The lowest BCUT2D eigenvalue weighted by Crippen LogP contribution is -2.56. The maximum Gasteiger partial charge on any atom is 0.0584 e. The molecule has 2 saturated heterocycles. The number of aliphatic hydroxyl groups excluding tert-OH is 1. The summed E-state index contributed by atoms with van der Waals surface area (Å²) in [4.78, 5) is 4.95. The predicted octanol–water partition coefficient (Wildman–Crippen LogP) is 0.146. The van der Waals surface area contributed by atoms with Gasteiger partial charge in [0.25, 0.3) is 0 Å². The Labute approximate surface area is 80.3 Å². The summed E-state index contributed by atoms with van der Waals surface area (Å²) in [5.74, 6) is 0. The molecule has 3 atom stereocenters. The molecule has 0 aromatic carbocycles. The van der Waals surface area contributed by atoms with E-state index in [9.17, 15) is 0 Å².